The number of hydrogen-bond donors (Lipinski definition) is 0. The van der Waals surface area contributed by atoms with E-state index in [9.17, 15) is 0 Å². The fraction of sp³-hybridized carbons (Fsp3) is 0. The number of nitrogens with zero attached hydrogens (tertiary/aromatic N) is 4. The molecular weight excluding hydrogens is 729 g/mol. The zero-order chi connectivity index (χ0) is 37.9. The van der Waals surface area contributed by atoms with Crippen LogP contribution in [0.25, 0.3) is 120 Å². The second kappa shape index (κ2) is 12.0. The monoisotopic (exact) mass is 758 g/mol. The molecule has 0 bridgehead atoms. The van der Waals surface area contributed by atoms with E-state index in [-0.39, 0.29) is 0 Å². The molecule has 0 spiro atoms. The van der Waals surface area contributed by atoms with Crippen LogP contribution in [0.4, 0.5) is 0 Å². The number of thiophene rings is 1. The lowest BCUT2D eigenvalue weighted by atomic mass is 10.0. The molecule has 0 saturated heterocycles. The molecule has 5 aromatic heterocycles. The minimum absolute atomic E-state index is 0.688. The summed E-state index contributed by atoms with van der Waals surface area (Å²) in [5.41, 5.74) is 12.4. The van der Waals surface area contributed by atoms with Crippen LogP contribution in [-0.4, -0.2) is 19.1 Å². The maximum Gasteiger partial charge on any atom is 0.161 e. The highest BCUT2D eigenvalue weighted by Gasteiger charge is 2.23. The molecule has 0 unspecified atom stereocenters. The Morgan fingerprint density at radius 3 is 1.81 bits per heavy atom. The molecule has 0 amide bonds. The molecule has 8 aromatic carbocycles. The number of benzene rings is 8. The van der Waals surface area contributed by atoms with Crippen molar-refractivity contribution in [3.63, 3.8) is 0 Å². The van der Waals surface area contributed by atoms with Crippen LogP contribution in [0.15, 0.2) is 186 Å². The van der Waals surface area contributed by atoms with Gasteiger partial charge in [0.2, 0.25) is 0 Å². The summed E-state index contributed by atoms with van der Waals surface area (Å²) in [4.78, 5) is 10.6. The van der Waals surface area contributed by atoms with Gasteiger partial charge in [-0.1, -0.05) is 115 Å². The van der Waals surface area contributed by atoms with E-state index < -0.39 is 0 Å². The number of hydrogen-bond acceptors (Lipinski definition) is 4. The van der Waals surface area contributed by atoms with Crippen LogP contribution in [0.3, 0.4) is 0 Å². The van der Waals surface area contributed by atoms with E-state index >= 15 is 0 Å². The molecule has 0 fully saturated rings. The first-order valence-corrected chi connectivity index (χ1v) is 20.3. The Kier molecular flexibility index (Phi) is 6.54. The first-order chi connectivity index (χ1) is 28.8. The number of fused-ring (bicyclic) bond motifs is 13. The molecule has 0 radical (unpaired) electrons. The van der Waals surface area contributed by atoms with Crippen molar-refractivity contribution in [1.82, 2.24) is 19.1 Å². The zero-order valence-electron chi connectivity index (χ0n) is 30.9. The molecule has 5 nitrogen and oxygen atoms in total. The van der Waals surface area contributed by atoms with Crippen molar-refractivity contribution in [3.8, 4) is 34.0 Å². The Balaban J connectivity index is 1.04. The third-order valence-corrected chi connectivity index (χ3v) is 12.9. The van der Waals surface area contributed by atoms with Crippen LogP contribution in [0.5, 0.6) is 0 Å². The van der Waals surface area contributed by atoms with Crippen LogP contribution in [0.2, 0.25) is 0 Å². The molecule has 0 aliphatic carbocycles. The van der Waals surface area contributed by atoms with Gasteiger partial charge in [-0.15, -0.1) is 11.3 Å². The topological polar surface area (TPSA) is 48.8 Å². The fourth-order valence-corrected chi connectivity index (χ4v) is 10.4. The minimum Gasteiger partial charge on any atom is -0.456 e. The number of rotatable bonds is 4. The van der Waals surface area contributed by atoms with Gasteiger partial charge in [-0.2, -0.15) is 0 Å². The average Bonchev–Trinajstić information content (AvgIpc) is 4.04. The van der Waals surface area contributed by atoms with Gasteiger partial charge in [0.25, 0.3) is 0 Å². The van der Waals surface area contributed by atoms with E-state index in [1.807, 2.05) is 12.1 Å². The Bertz CT molecular complexity index is 3800. The summed E-state index contributed by atoms with van der Waals surface area (Å²) in [5.74, 6) is 0.688. The van der Waals surface area contributed by atoms with Gasteiger partial charge in [-0.05, 0) is 60.7 Å². The number of aromatic nitrogens is 4. The van der Waals surface area contributed by atoms with Crippen LogP contribution >= 0.6 is 11.3 Å². The highest BCUT2D eigenvalue weighted by Crippen LogP contribution is 2.45. The maximum absolute atomic E-state index is 6.75. The highest BCUT2D eigenvalue weighted by atomic mass is 32.1. The summed E-state index contributed by atoms with van der Waals surface area (Å²) in [6.45, 7) is 0. The summed E-state index contributed by atoms with van der Waals surface area (Å²) in [6.07, 6.45) is 0. The second-order valence-corrected chi connectivity index (χ2v) is 15.9. The normalized spacial score (nSPS) is 12.1. The lowest BCUT2D eigenvalue weighted by Crippen LogP contribution is -1.95. The predicted octanol–water partition coefficient (Wildman–Crippen LogP) is 14.3. The van der Waals surface area contributed by atoms with E-state index in [1.54, 1.807) is 11.3 Å². The summed E-state index contributed by atoms with van der Waals surface area (Å²) in [6, 6.07) is 64.5. The number of furan rings is 1. The zero-order valence-corrected chi connectivity index (χ0v) is 31.7. The standard InChI is InChI=1S/C52H30N4OS/c1-3-14-31(15-4-1)49-51-50(37-20-9-12-25-45(37)58-51)54-52(53-49)38-21-13-24-43-46(38)36-27-26-33(30-44(36)57-43)56-40-23-11-8-19-35(40)48-42(56)29-28-41-47(48)34-18-7-10-22-39(34)55(41)32-16-5-2-6-17-32/h1-30H. The van der Waals surface area contributed by atoms with E-state index in [0.717, 1.165) is 76.8 Å². The van der Waals surface area contributed by atoms with E-state index in [1.165, 1.54) is 37.3 Å². The van der Waals surface area contributed by atoms with Crippen LogP contribution in [-0.2, 0) is 0 Å². The van der Waals surface area contributed by atoms with E-state index in [2.05, 4.69) is 179 Å². The summed E-state index contributed by atoms with van der Waals surface area (Å²) >= 11 is 1.75. The Morgan fingerprint density at radius 1 is 0.431 bits per heavy atom. The van der Waals surface area contributed by atoms with Crippen molar-refractivity contribution in [2.45, 2.75) is 0 Å². The molecule has 6 heteroatoms. The minimum atomic E-state index is 0.688. The van der Waals surface area contributed by atoms with Gasteiger partial charge >= 0.3 is 0 Å². The molecule has 13 aromatic rings. The van der Waals surface area contributed by atoms with Crippen molar-refractivity contribution in [3.05, 3.63) is 182 Å². The van der Waals surface area contributed by atoms with Gasteiger partial charge in [0.05, 0.1) is 38.0 Å². The van der Waals surface area contributed by atoms with Gasteiger partial charge in [-0.25, -0.2) is 9.97 Å². The SMILES string of the molecule is c1ccc(-c2nc(-c3cccc4oc5cc(-n6c7ccccc7c7c8c9ccccc9n(-c9ccccc9)c8ccc76)ccc5c34)nc3c2sc2ccccc23)cc1. The summed E-state index contributed by atoms with van der Waals surface area (Å²) in [5, 5.41) is 8.14. The maximum atomic E-state index is 6.75. The van der Waals surface area contributed by atoms with E-state index in [4.69, 9.17) is 14.4 Å². The Labute approximate surface area is 335 Å². The van der Waals surface area contributed by atoms with Gasteiger partial charge in [0.15, 0.2) is 5.82 Å². The lowest BCUT2D eigenvalue weighted by Gasteiger charge is -2.09. The third-order valence-electron chi connectivity index (χ3n) is 11.7. The van der Waals surface area contributed by atoms with Crippen molar-refractivity contribution < 1.29 is 4.42 Å². The van der Waals surface area contributed by atoms with Crippen LogP contribution in [0, 0.1) is 0 Å². The van der Waals surface area contributed by atoms with Gasteiger partial charge in [-0.3, -0.25) is 0 Å². The molecule has 0 aliphatic heterocycles. The van der Waals surface area contributed by atoms with E-state index in [0.29, 0.717) is 5.82 Å². The van der Waals surface area contributed by atoms with Crippen LogP contribution < -0.4 is 0 Å². The molecule has 270 valence electrons. The van der Waals surface area contributed by atoms with Crippen molar-refractivity contribution >= 4 is 97.2 Å². The molecule has 13 rings (SSSR count). The molecular formula is C52H30N4OS. The van der Waals surface area contributed by atoms with Gasteiger partial charge in [0, 0.05) is 71.0 Å². The predicted molar refractivity (Wildman–Crippen MR) is 242 cm³/mol. The highest BCUT2D eigenvalue weighted by molar-refractivity contribution is 7.26. The van der Waals surface area contributed by atoms with Gasteiger partial charge < -0.3 is 13.6 Å². The Hall–Kier alpha value is -7.54. The lowest BCUT2D eigenvalue weighted by molar-refractivity contribution is 0.668. The average molecular weight is 759 g/mol. The second-order valence-electron chi connectivity index (χ2n) is 14.9. The van der Waals surface area contributed by atoms with Crippen LogP contribution in [0.1, 0.15) is 0 Å². The van der Waals surface area contributed by atoms with Crippen molar-refractivity contribution in [2.24, 2.45) is 0 Å². The molecule has 0 N–H and O–H groups in total. The molecule has 58 heavy (non-hydrogen) atoms. The largest absolute Gasteiger partial charge is 0.456 e. The van der Waals surface area contributed by atoms with Crippen molar-refractivity contribution in [1.29, 1.82) is 0 Å². The first-order valence-electron chi connectivity index (χ1n) is 19.5. The quantitative estimate of drug-likeness (QED) is 0.180. The summed E-state index contributed by atoms with van der Waals surface area (Å²) in [7, 11) is 0. The Morgan fingerprint density at radius 2 is 1.07 bits per heavy atom. The smallest absolute Gasteiger partial charge is 0.161 e. The summed E-state index contributed by atoms with van der Waals surface area (Å²) < 4.78 is 13.8. The molecule has 0 atom stereocenters. The van der Waals surface area contributed by atoms with Crippen molar-refractivity contribution in [2.75, 3.05) is 0 Å². The molecule has 0 aliphatic rings. The third kappa shape index (κ3) is 4.40. The molecule has 0 saturated carbocycles. The molecule has 5 heterocycles. The van der Waals surface area contributed by atoms with Gasteiger partial charge in [0.1, 0.15) is 11.2 Å². The first kappa shape index (κ1) is 31.6. The number of para-hydroxylation sites is 3. The fourth-order valence-electron chi connectivity index (χ4n) is 9.29.